The number of unbranched alkanes of at least 4 members (excludes halogenated alkanes) is 2. The second-order valence-corrected chi connectivity index (χ2v) is 4.96. The Morgan fingerprint density at radius 2 is 1.35 bits per heavy atom. The van der Waals surface area contributed by atoms with Gasteiger partial charge in [-0.3, -0.25) is 0 Å². The average Bonchev–Trinajstić information content (AvgIpc) is 2.15. The molecule has 0 aromatic heterocycles. The predicted molar refractivity (Wildman–Crippen MR) is 45.2 cm³/mol. The fourth-order valence-electron chi connectivity index (χ4n) is 1.00. The van der Waals surface area contributed by atoms with Crippen molar-refractivity contribution in [2.75, 3.05) is 0 Å². The van der Waals surface area contributed by atoms with E-state index in [1.54, 1.807) is 0 Å². The summed E-state index contributed by atoms with van der Waals surface area (Å²) < 4.78 is 94.4. The lowest BCUT2D eigenvalue weighted by Crippen LogP contribution is -2.28. The van der Waals surface area contributed by atoms with Crippen LogP contribution in [-0.4, -0.2) is 19.8 Å². The minimum Gasteiger partial charge on any atom is -0.190 e. The van der Waals surface area contributed by atoms with Crippen LogP contribution in [0.2, 0.25) is 0 Å². The smallest absolute Gasteiger partial charge is 0.190 e. The zero-order valence-corrected chi connectivity index (χ0v) is 9.25. The van der Waals surface area contributed by atoms with Gasteiger partial charge in [0.25, 0.3) is 0 Å². The summed E-state index contributed by atoms with van der Waals surface area (Å²) in [6.07, 6.45) is -7.91. The van der Waals surface area contributed by atoms with Gasteiger partial charge in [-0.25, -0.2) is 0 Å². The standard InChI is InChI=1S/C7H10F6O3S/c8-6(9,10)4-2-1-3-5-7(11,12)17(14,15)16-13/h1-5H2. The monoisotopic (exact) mass is 288 g/mol. The molecule has 0 aliphatic heterocycles. The van der Waals surface area contributed by atoms with E-state index in [-0.39, 0.29) is 6.42 Å². The molecule has 0 saturated carbocycles. The van der Waals surface area contributed by atoms with E-state index in [1.807, 2.05) is 0 Å². The molecule has 0 N–H and O–H groups in total. The van der Waals surface area contributed by atoms with Crippen molar-refractivity contribution in [2.24, 2.45) is 0 Å². The van der Waals surface area contributed by atoms with Crippen molar-refractivity contribution in [3.63, 3.8) is 0 Å². The first-order valence-electron chi connectivity index (χ1n) is 4.51. The lowest BCUT2D eigenvalue weighted by Gasteiger charge is -2.13. The molecule has 0 amide bonds. The van der Waals surface area contributed by atoms with E-state index in [9.17, 15) is 34.9 Å². The SMILES string of the molecule is O=S(=O)(OF)C(F)(F)CCCCCC(F)(F)F. The van der Waals surface area contributed by atoms with Gasteiger partial charge in [0.15, 0.2) is 0 Å². The van der Waals surface area contributed by atoms with Gasteiger partial charge in [-0.15, -0.1) is 0 Å². The summed E-state index contributed by atoms with van der Waals surface area (Å²) in [5, 5.41) is -4.43. The molecule has 10 heteroatoms. The van der Waals surface area contributed by atoms with Gasteiger partial charge in [-0.1, -0.05) is 10.8 Å². The number of hydrogen-bond acceptors (Lipinski definition) is 3. The highest BCUT2D eigenvalue weighted by Crippen LogP contribution is 2.30. The third kappa shape index (κ3) is 6.10. The highest BCUT2D eigenvalue weighted by Gasteiger charge is 2.46. The Bertz CT molecular complexity index is 323. The largest absolute Gasteiger partial charge is 0.389 e. The molecule has 0 aromatic carbocycles. The van der Waals surface area contributed by atoms with Gasteiger partial charge < -0.3 is 0 Å². The van der Waals surface area contributed by atoms with Gasteiger partial charge in [-0.05, 0) is 17.4 Å². The van der Waals surface area contributed by atoms with E-state index < -0.39 is 47.2 Å². The number of hydrogen-bond donors (Lipinski definition) is 0. The van der Waals surface area contributed by atoms with Crippen molar-refractivity contribution >= 4 is 10.1 Å². The molecule has 0 aliphatic carbocycles. The molecule has 104 valence electrons. The van der Waals surface area contributed by atoms with Gasteiger partial charge in [0, 0.05) is 12.8 Å². The van der Waals surface area contributed by atoms with Crippen LogP contribution in [0.25, 0.3) is 0 Å². The minimum atomic E-state index is -5.64. The Balaban J connectivity index is 3.98. The van der Waals surface area contributed by atoms with Crippen molar-refractivity contribution in [3.8, 4) is 0 Å². The Morgan fingerprint density at radius 3 is 1.76 bits per heavy atom. The van der Waals surface area contributed by atoms with E-state index in [0.29, 0.717) is 0 Å². The average molecular weight is 288 g/mol. The normalized spacial score (nSPS) is 14.0. The highest BCUT2D eigenvalue weighted by atomic mass is 32.2. The second kappa shape index (κ2) is 5.89. The van der Waals surface area contributed by atoms with Crippen molar-refractivity contribution in [1.29, 1.82) is 0 Å². The predicted octanol–water partition coefficient (Wildman–Crippen LogP) is 3.32. The van der Waals surface area contributed by atoms with Crippen molar-refractivity contribution in [1.82, 2.24) is 0 Å². The van der Waals surface area contributed by atoms with Crippen LogP contribution in [0.3, 0.4) is 0 Å². The molecule has 3 nitrogen and oxygen atoms in total. The van der Waals surface area contributed by atoms with Gasteiger partial charge in [0.05, 0.1) is 0 Å². The topological polar surface area (TPSA) is 43.4 Å². The Hall–Kier alpha value is -0.510. The molecule has 0 radical (unpaired) electrons. The van der Waals surface area contributed by atoms with Crippen LogP contribution in [0.4, 0.5) is 26.5 Å². The van der Waals surface area contributed by atoms with Gasteiger partial charge in [-0.2, -0.15) is 30.4 Å². The van der Waals surface area contributed by atoms with Crippen molar-refractivity contribution in [2.45, 2.75) is 43.5 Å². The molecule has 0 aliphatic rings. The molecule has 0 unspecified atom stereocenters. The summed E-state index contributed by atoms with van der Waals surface area (Å²) in [7, 11) is -5.64. The van der Waals surface area contributed by atoms with Gasteiger partial charge in [0.1, 0.15) is 0 Å². The Morgan fingerprint density at radius 1 is 0.882 bits per heavy atom. The molecular weight excluding hydrogens is 278 g/mol. The summed E-state index contributed by atoms with van der Waals surface area (Å²) in [4.78, 5) is 0. The first kappa shape index (κ1) is 16.5. The van der Waals surface area contributed by atoms with Gasteiger partial charge in [0.2, 0.25) is 0 Å². The van der Waals surface area contributed by atoms with Crippen molar-refractivity contribution < 1.29 is 39.3 Å². The molecule has 0 rings (SSSR count). The zero-order valence-electron chi connectivity index (χ0n) is 8.44. The first-order chi connectivity index (χ1) is 7.52. The fraction of sp³-hybridized carbons (Fsp3) is 1.00. The summed E-state index contributed by atoms with van der Waals surface area (Å²) >= 11 is 0. The van der Waals surface area contributed by atoms with E-state index >= 15 is 0 Å². The Labute approximate surface area is 93.8 Å². The maximum absolute atomic E-state index is 12.7. The third-order valence-electron chi connectivity index (χ3n) is 1.88. The minimum absolute atomic E-state index is 0.239. The molecule has 0 aromatic rings. The van der Waals surface area contributed by atoms with Crippen LogP contribution in [-0.2, 0) is 14.5 Å². The van der Waals surface area contributed by atoms with Gasteiger partial charge >= 0.3 is 21.5 Å². The van der Waals surface area contributed by atoms with E-state index in [0.717, 1.165) is 0 Å². The number of rotatable bonds is 7. The summed E-state index contributed by atoms with van der Waals surface area (Å²) in [5.41, 5.74) is 0. The Kier molecular flexibility index (Phi) is 5.72. The van der Waals surface area contributed by atoms with Crippen LogP contribution in [0.5, 0.6) is 0 Å². The second-order valence-electron chi connectivity index (χ2n) is 3.33. The molecule has 0 spiro atoms. The molecule has 0 bridgehead atoms. The molecule has 0 fully saturated rings. The van der Waals surface area contributed by atoms with Crippen LogP contribution in [0.15, 0.2) is 0 Å². The fourth-order valence-corrected chi connectivity index (χ4v) is 1.49. The van der Waals surface area contributed by atoms with E-state index in [4.69, 9.17) is 0 Å². The van der Waals surface area contributed by atoms with Crippen LogP contribution < -0.4 is 0 Å². The molecule has 0 heterocycles. The maximum Gasteiger partial charge on any atom is 0.389 e. The van der Waals surface area contributed by atoms with E-state index in [2.05, 4.69) is 4.39 Å². The molecule has 0 atom stereocenters. The third-order valence-corrected chi connectivity index (χ3v) is 2.98. The maximum atomic E-state index is 12.7. The quantitative estimate of drug-likeness (QED) is 0.533. The van der Waals surface area contributed by atoms with Crippen LogP contribution in [0.1, 0.15) is 32.1 Å². The zero-order chi connectivity index (χ0) is 13.7. The van der Waals surface area contributed by atoms with E-state index in [1.165, 1.54) is 0 Å². The highest BCUT2D eigenvalue weighted by molar-refractivity contribution is 7.87. The lowest BCUT2D eigenvalue weighted by atomic mass is 10.1. The summed E-state index contributed by atoms with van der Waals surface area (Å²) in [6, 6.07) is 0. The molecular formula is C7H10F6O3S. The van der Waals surface area contributed by atoms with Crippen LogP contribution >= 0.6 is 0 Å². The molecule has 17 heavy (non-hydrogen) atoms. The number of halogens is 6. The molecule has 0 saturated heterocycles. The summed E-state index contributed by atoms with van der Waals surface area (Å²) in [6.45, 7) is 0. The van der Waals surface area contributed by atoms with Crippen molar-refractivity contribution in [3.05, 3.63) is 0 Å². The van der Waals surface area contributed by atoms with Crippen LogP contribution in [0, 0.1) is 0 Å². The first-order valence-corrected chi connectivity index (χ1v) is 5.92. The summed E-state index contributed by atoms with van der Waals surface area (Å²) in [5.74, 6) is 0. The lowest BCUT2D eigenvalue weighted by molar-refractivity contribution is -0.135. The number of alkyl halides is 5.